The molecule has 2 saturated heterocycles. The van der Waals surface area contributed by atoms with Gasteiger partial charge in [-0.15, -0.1) is 0 Å². The number of piperidine rings is 2. The van der Waals surface area contributed by atoms with Gasteiger partial charge in [-0.05, 0) is 63.4 Å². The number of benzene rings is 1. The number of nitrogens with one attached hydrogen (secondary N) is 3. The molecule has 3 aliphatic rings. The number of hydrogen-bond acceptors (Lipinski definition) is 9. The van der Waals surface area contributed by atoms with Crippen molar-refractivity contribution >= 4 is 40.7 Å². The number of pyridine rings is 1. The highest BCUT2D eigenvalue weighted by Crippen LogP contribution is 2.31. The van der Waals surface area contributed by atoms with Gasteiger partial charge < -0.3 is 21.3 Å². The summed E-state index contributed by atoms with van der Waals surface area (Å²) in [4.78, 5) is 59.4. The number of carbonyl (C=O) groups is 3. The first-order valence-electron chi connectivity index (χ1n) is 17.1. The van der Waals surface area contributed by atoms with Crippen LogP contribution in [-0.2, 0) is 16.6 Å². The quantitative estimate of drug-likeness (QED) is 0.206. The fourth-order valence-electron chi connectivity index (χ4n) is 6.70. The van der Waals surface area contributed by atoms with Crippen molar-refractivity contribution in [1.29, 1.82) is 0 Å². The summed E-state index contributed by atoms with van der Waals surface area (Å²) in [6, 6.07) is 10.6. The average Bonchev–Trinajstić information content (AvgIpc) is 3.39. The van der Waals surface area contributed by atoms with E-state index in [9.17, 15) is 28.0 Å². The van der Waals surface area contributed by atoms with Crippen LogP contribution in [0.5, 0.6) is 0 Å². The Balaban J connectivity index is 0.000000197. The molecule has 3 fully saturated rings. The Morgan fingerprint density at radius 2 is 1.78 bits per heavy atom. The zero-order chi connectivity index (χ0) is 35.8. The van der Waals surface area contributed by atoms with E-state index in [0.717, 1.165) is 68.3 Å². The number of hydrogen-bond donors (Lipinski definition) is 4. The van der Waals surface area contributed by atoms with E-state index in [4.69, 9.17) is 5.73 Å². The maximum Gasteiger partial charge on any atom is 0.329 e. The van der Waals surface area contributed by atoms with Crippen molar-refractivity contribution in [2.75, 3.05) is 25.0 Å². The van der Waals surface area contributed by atoms with Crippen molar-refractivity contribution in [3.05, 3.63) is 70.2 Å². The number of anilines is 1. The fourth-order valence-corrected chi connectivity index (χ4v) is 6.70. The SMILES string of the molecule is CNC1CCN(c2cccc3c2n(C)c(=O)n3C2CCC(=O)NC2=O)CC1.N/C(=C(\C=NC1CCCCC1)NC(=O)c1ccccn1)C(F)F. The van der Waals surface area contributed by atoms with Crippen molar-refractivity contribution < 1.29 is 23.2 Å². The monoisotopic (exact) mass is 693 g/mol. The molecule has 6 rings (SSSR count). The summed E-state index contributed by atoms with van der Waals surface area (Å²) in [7, 11) is 3.74. The number of alkyl halides is 2. The van der Waals surface area contributed by atoms with E-state index in [0.29, 0.717) is 12.5 Å². The summed E-state index contributed by atoms with van der Waals surface area (Å²) in [5.41, 5.74) is 7.04. The smallest absolute Gasteiger partial charge is 0.329 e. The van der Waals surface area contributed by atoms with Gasteiger partial charge in [-0.25, -0.2) is 13.6 Å². The summed E-state index contributed by atoms with van der Waals surface area (Å²) >= 11 is 0. The maximum atomic E-state index is 13.0. The number of para-hydroxylation sites is 1. The first-order chi connectivity index (χ1) is 24.1. The van der Waals surface area contributed by atoms with Crippen LogP contribution in [0.2, 0.25) is 0 Å². The molecule has 3 amide bonds. The third kappa shape index (κ3) is 8.44. The van der Waals surface area contributed by atoms with Crippen molar-refractivity contribution in [3.8, 4) is 0 Å². The van der Waals surface area contributed by atoms with Crippen LogP contribution >= 0.6 is 0 Å². The van der Waals surface area contributed by atoms with E-state index < -0.39 is 30.0 Å². The van der Waals surface area contributed by atoms with Crippen LogP contribution in [0.25, 0.3) is 11.0 Å². The Labute approximate surface area is 289 Å². The Hall–Kier alpha value is -4.92. The summed E-state index contributed by atoms with van der Waals surface area (Å²) < 4.78 is 28.9. The van der Waals surface area contributed by atoms with E-state index in [1.165, 1.54) is 24.9 Å². The second-order valence-corrected chi connectivity index (χ2v) is 12.8. The molecule has 1 saturated carbocycles. The van der Waals surface area contributed by atoms with Gasteiger partial charge in [-0.3, -0.25) is 38.8 Å². The molecule has 0 spiro atoms. The largest absolute Gasteiger partial charge is 0.396 e. The van der Waals surface area contributed by atoms with Gasteiger partial charge in [0.2, 0.25) is 11.8 Å². The molecule has 268 valence electrons. The van der Waals surface area contributed by atoms with Gasteiger partial charge in [0.05, 0.1) is 28.5 Å². The van der Waals surface area contributed by atoms with Crippen molar-refractivity contribution in [2.24, 2.45) is 17.8 Å². The van der Waals surface area contributed by atoms with Crippen LogP contribution in [0.4, 0.5) is 14.5 Å². The van der Waals surface area contributed by atoms with Crippen LogP contribution in [0, 0.1) is 0 Å². The Kier molecular flexibility index (Phi) is 12.1. The molecule has 0 radical (unpaired) electrons. The number of nitrogens with two attached hydrogens (primary N) is 1. The van der Waals surface area contributed by atoms with Crippen LogP contribution in [0.1, 0.15) is 74.3 Å². The number of allylic oxidation sites excluding steroid dienone is 2. The number of imidazole rings is 1. The number of aliphatic imine (C=N–C) groups is 1. The topological polar surface area (TPSA) is 169 Å². The Morgan fingerprint density at radius 3 is 2.42 bits per heavy atom. The molecule has 1 unspecified atom stereocenters. The summed E-state index contributed by atoms with van der Waals surface area (Å²) in [6.45, 7) is 1.84. The number of carbonyl (C=O) groups excluding carboxylic acids is 3. The third-order valence-electron chi connectivity index (χ3n) is 9.53. The highest BCUT2D eigenvalue weighted by atomic mass is 19.3. The van der Waals surface area contributed by atoms with Crippen molar-refractivity contribution in [3.63, 3.8) is 0 Å². The lowest BCUT2D eigenvalue weighted by Crippen LogP contribution is -2.44. The Bertz CT molecular complexity index is 1790. The standard InChI is InChI=1S/C19H25N5O3.C16H20F2N4O/c1-20-12-8-10-23(11-9-12)13-4-3-5-14-17(13)22(2)19(27)24(14)15-6-7-16(25)21-18(15)26;17-15(18)14(19)13(10-21-11-6-2-1-3-7-11)22-16(23)12-8-4-5-9-20-12/h3-5,12,15,20H,6-11H2,1-2H3,(H,21,25,26);4-5,8-11,15H,1-3,6-7,19H2,(H,22,23)/b;14-13+,21-10?. The van der Waals surface area contributed by atoms with Gasteiger partial charge >= 0.3 is 5.69 Å². The summed E-state index contributed by atoms with van der Waals surface area (Å²) in [6.07, 6.45) is 7.69. The first kappa shape index (κ1) is 36.4. The van der Waals surface area contributed by atoms with E-state index in [2.05, 4.69) is 30.8 Å². The zero-order valence-corrected chi connectivity index (χ0v) is 28.4. The highest BCUT2D eigenvalue weighted by Gasteiger charge is 2.32. The molecule has 2 aliphatic heterocycles. The summed E-state index contributed by atoms with van der Waals surface area (Å²) in [5.74, 6) is -1.28. The van der Waals surface area contributed by atoms with E-state index in [1.54, 1.807) is 28.3 Å². The predicted octanol–water partition coefficient (Wildman–Crippen LogP) is 3.16. The van der Waals surface area contributed by atoms with E-state index >= 15 is 0 Å². The molecule has 13 nitrogen and oxygen atoms in total. The second kappa shape index (κ2) is 16.7. The van der Waals surface area contributed by atoms with Crippen LogP contribution in [0.3, 0.4) is 0 Å². The maximum absolute atomic E-state index is 13.0. The van der Waals surface area contributed by atoms with Gasteiger partial charge in [0.25, 0.3) is 12.3 Å². The molecule has 1 aromatic carbocycles. The molecule has 15 heteroatoms. The van der Waals surface area contributed by atoms with E-state index in [1.807, 2.05) is 25.2 Å². The highest BCUT2D eigenvalue weighted by molar-refractivity contribution is 6.00. The van der Waals surface area contributed by atoms with Gasteiger partial charge in [0.15, 0.2) is 0 Å². The second-order valence-electron chi connectivity index (χ2n) is 12.8. The molecule has 3 aromatic rings. The van der Waals surface area contributed by atoms with Crippen molar-refractivity contribution in [1.82, 2.24) is 30.1 Å². The molecule has 5 N–H and O–H groups in total. The summed E-state index contributed by atoms with van der Waals surface area (Å²) in [5, 5.41) is 8.06. The van der Waals surface area contributed by atoms with Gasteiger partial charge in [-0.1, -0.05) is 31.4 Å². The average molecular weight is 694 g/mol. The van der Waals surface area contributed by atoms with Crippen molar-refractivity contribution in [2.45, 2.75) is 82.3 Å². The van der Waals surface area contributed by atoms with E-state index in [-0.39, 0.29) is 35.5 Å². The number of aryl methyl sites for hydroxylation is 1. The lowest BCUT2D eigenvalue weighted by atomic mass is 9.96. The molecule has 1 aliphatic carbocycles. The molecular weight excluding hydrogens is 648 g/mol. The van der Waals surface area contributed by atoms with Gasteiger partial charge in [0, 0.05) is 45.0 Å². The molecule has 4 heterocycles. The van der Waals surface area contributed by atoms with Gasteiger partial charge in [-0.2, -0.15) is 0 Å². The fraction of sp³-hybridized carbons (Fsp3) is 0.486. The lowest BCUT2D eigenvalue weighted by molar-refractivity contribution is -0.135. The van der Waals surface area contributed by atoms with Crippen LogP contribution in [0.15, 0.2) is 63.8 Å². The normalized spacial score (nSPS) is 19.7. The molecule has 1 atom stereocenters. The number of nitrogens with zero attached hydrogens (tertiary/aromatic N) is 5. The molecule has 50 heavy (non-hydrogen) atoms. The number of rotatable bonds is 8. The number of aromatic nitrogens is 3. The van der Waals surface area contributed by atoms with Crippen LogP contribution in [-0.4, -0.2) is 76.7 Å². The Morgan fingerprint density at radius 1 is 1.04 bits per heavy atom. The third-order valence-corrected chi connectivity index (χ3v) is 9.53. The number of amides is 3. The minimum atomic E-state index is -2.87. The van der Waals surface area contributed by atoms with Gasteiger partial charge in [0.1, 0.15) is 17.4 Å². The first-order valence-corrected chi connectivity index (χ1v) is 17.1. The molecule has 2 aromatic heterocycles. The zero-order valence-electron chi connectivity index (χ0n) is 28.4. The number of fused-ring (bicyclic) bond motifs is 1. The molecule has 0 bridgehead atoms. The minimum Gasteiger partial charge on any atom is -0.396 e. The molecular formula is C35H45F2N9O4. The van der Waals surface area contributed by atoms with Crippen LogP contribution < -0.4 is 32.3 Å². The lowest BCUT2D eigenvalue weighted by Gasteiger charge is -2.34. The minimum absolute atomic E-state index is 0.0935. The predicted molar refractivity (Wildman–Crippen MR) is 187 cm³/mol. The number of halogens is 2. The number of imide groups is 1.